The molecule has 0 aliphatic rings. The zero-order valence-corrected chi connectivity index (χ0v) is 11.9. The van der Waals surface area contributed by atoms with Crippen molar-refractivity contribution in [2.45, 2.75) is 20.3 Å². The number of nitrogens with one attached hydrogen (secondary N) is 1. The summed E-state index contributed by atoms with van der Waals surface area (Å²) in [4.78, 5) is 22.0. The zero-order chi connectivity index (χ0) is 15.3. The number of Topliss-reactive ketones (excluding diaryl/α,β-unsaturated/α-hetero) is 1. The van der Waals surface area contributed by atoms with E-state index in [0.717, 1.165) is 0 Å². The van der Waals surface area contributed by atoms with Crippen molar-refractivity contribution >= 4 is 23.5 Å². The molecule has 0 aliphatic carbocycles. The second kappa shape index (κ2) is 7.09. The van der Waals surface area contributed by atoms with Crippen molar-refractivity contribution in [3.05, 3.63) is 28.0 Å². The normalized spacial score (nSPS) is 10.2. The second-order valence-corrected chi connectivity index (χ2v) is 4.41. The molecule has 0 fully saturated rings. The van der Waals surface area contributed by atoms with Crippen molar-refractivity contribution in [1.29, 1.82) is 0 Å². The van der Waals surface area contributed by atoms with Gasteiger partial charge in [0.2, 0.25) is 0 Å². The van der Waals surface area contributed by atoms with Gasteiger partial charge in [-0.2, -0.15) is 0 Å². The van der Waals surface area contributed by atoms with E-state index in [0.29, 0.717) is 0 Å². The average Bonchev–Trinajstić information content (AvgIpc) is 2.36. The summed E-state index contributed by atoms with van der Waals surface area (Å²) in [6, 6.07) is 1.22. The van der Waals surface area contributed by atoms with Gasteiger partial charge in [-0.05, 0) is 26.3 Å². The molecule has 0 saturated heterocycles. The van der Waals surface area contributed by atoms with E-state index in [-0.39, 0.29) is 47.3 Å². The Balaban J connectivity index is 3.22. The van der Waals surface area contributed by atoms with Crippen LogP contribution in [0.3, 0.4) is 0 Å². The van der Waals surface area contributed by atoms with E-state index in [2.05, 4.69) is 5.32 Å². The maximum atomic E-state index is 14.1. The number of benzene rings is 1. The van der Waals surface area contributed by atoms with Crippen LogP contribution in [0.2, 0.25) is 5.02 Å². The Hall–Kier alpha value is -1.82. The molecule has 2 N–H and O–H groups in total. The molecule has 0 aromatic heterocycles. The minimum absolute atomic E-state index is 0.00991. The van der Waals surface area contributed by atoms with Crippen LogP contribution in [0, 0.1) is 5.82 Å². The van der Waals surface area contributed by atoms with Crippen molar-refractivity contribution in [3.63, 3.8) is 0 Å². The van der Waals surface area contributed by atoms with Gasteiger partial charge < -0.3 is 15.2 Å². The lowest BCUT2D eigenvalue weighted by molar-refractivity contribution is 0.101. The monoisotopic (exact) mass is 303 g/mol. The van der Waals surface area contributed by atoms with E-state index in [1.807, 2.05) is 0 Å². The van der Waals surface area contributed by atoms with Crippen molar-refractivity contribution in [2.24, 2.45) is 0 Å². The summed E-state index contributed by atoms with van der Waals surface area (Å²) in [5.41, 5.74) is 0.280. The fourth-order valence-corrected chi connectivity index (χ4v) is 1.97. The average molecular weight is 304 g/mol. The van der Waals surface area contributed by atoms with E-state index < -0.39 is 11.9 Å². The summed E-state index contributed by atoms with van der Waals surface area (Å²) >= 11 is 5.76. The van der Waals surface area contributed by atoms with Crippen LogP contribution in [0.4, 0.5) is 9.18 Å². The summed E-state index contributed by atoms with van der Waals surface area (Å²) in [5, 5.41) is 10.4. The molecule has 1 aromatic carbocycles. The van der Waals surface area contributed by atoms with Crippen molar-refractivity contribution in [3.8, 4) is 5.75 Å². The summed E-state index contributed by atoms with van der Waals surface area (Å²) < 4.78 is 19.4. The fourth-order valence-electron chi connectivity index (χ4n) is 1.75. The van der Waals surface area contributed by atoms with Gasteiger partial charge in [0.25, 0.3) is 0 Å². The topological polar surface area (TPSA) is 75.6 Å². The Morgan fingerprint density at radius 2 is 2.15 bits per heavy atom. The highest BCUT2D eigenvalue weighted by Gasteiger charge is 2.20. The fraction of sp³-hybridized carbons (Fsp3) is 0.385. The summed E-state index contributed by atoms with van der Waals surface area (Å²) in [6.07, 6.45) is -1.17. The van der Waals surface area contributed by atoms with Crippen LogP contribution in [-0.2, 0) is 6.42 Å². The lowest BCUT2D eigenvalue weighted by atomic mass is 10.0. The number of carbonyl (C=O) groups is 2. The van der Waals surface area contributed by atoms with E-state index in [1.165, 1.54) is 13.0 Å². The van der Waals surface area contributed by atoms with Crippen LogP contribution in [-0.4, -0.2) is 30.1 Å². The third kappa shape index (κ3) is 3.84. The lowest BCUT2D eigenvalue weighted by Gasteiger charge is -2.15. The van der Waals surface area contributed by atoms with Gasteiger partial charge in [0, 0.05) is 12.1 Å². The number of ketones is 1. The van der Waals surface area contributed by atoms with Crippen LogP contribution in [0.5, 0.6) is 5.75 Å². The number of amides is 1. The number of hydrogen-bond donors (Lipinski definition) is 2. The van der Waals surface area contributed by atoms with Crippen LogP contribution in [0.1, 0.15) is 29.8 Å². The summed E-state index contributed by atoms with van der Waals surface area (Å²) in [6.45, 7) is 3.27. The Bertz CT molecular complexity index is 534. The molecule has 0 unspecified atom stereocenters. The smallest absolute Gasteiger partial charge is 0.404 e. The van der Waals surface area contributed by atoms with Crippen molar-refractivity contribution in [2.75, 3.05) is 13.2 Å². The van der Waals surface area contributed by atoms with Gasteiger partial charge in [-0.15, -0.1) is 0 Å². The van der Waals surface area contributed by atoms with Crippen molar-refractivity contribution < 1.29 is 23.8 Å². The SMILES string of the molecule is CCOc1c(C(C)=O)cc(Cl)c(F)c1CCNC(=O)O. The molecule has 1 aromatic rings. The van der Waals surface area contributed by atoms with Gasteiger partial charge in [0.1, 0.15) is 11.6 Å². The molecule has 0 bridgehead atoms. The van der Waals surface area contributed by atoms with Gasteiger partial charge >= 0.3 is 6.09 Å². The summed E-state index contributed by atoms with van der Waals surface area (Å²) in [5.74, 6) is -0.885. The first-order valence-corrected chi connectivity index (χ1v) is 6.37. The largest absolute Gasteiger partial charge is 0.493 e. The molecule has 1 rings (SSSR count). The minimum atomic E-state index is -1.21. The molecule has 1 amide bonds. The maximum absolute atomic E-state index is 14.1. The summed E-state index contributed by atoms with van der Waals surface area (Å²) in [7, 11) is 0. The molecule has 0 atom stereocenters. The molecular formula is C13H15ClFNO4. The predicted molar refractivity (Wildman–Crippen MR) is 72.3 cm³/mol. The van der Waals surface area contributed by atoms with Crippen molar-refractivity contribution in [1.82, 2.24) is 5.32 Å². The number of ether oxygens (including phenoxy) is 1. The Kier molecular flexibility index (Phi) is 5.76. The molecule has 110 valence electrons. The number of halogens is 2. The van der Waals surface area contributed by atoms with Crippen LogP contribution in [0.25, 0.3) is 0 Å². The molecular weight excluding hydrogens is 289 g/mol. The predicted octanol–water partition coefficient (Wildman–Crippen LogP) is 2.89. The van der Waals surface area contributed by atoms with Gasteiger partial charge in [0.05, 0.1) is 17.2 Å². The Morgan fingerprint density at radius 1 is 1.50 bits per heavy atom. The van der Waals surface area contributed by atoms with Crippen LogP contribution < -0.4 is 10.1 Å². The van der Waals surface area contributed by atoms with E-state index in [1.54, 1.807) is 6.92 Å². The van der Waals surface area contributed by atoms with Gasteiger partial charge in [-0.3, -0.25) is 4.79 Å². The van der Waals surface area contributed by atoms with Crippen LogP contribution >= 0.6 is 11.6 Å². The number of carboxylic acid groups (broad SMARTS) is 1. The van der Waals surface area contributed by atoms with E-state index >= 15 is 0 Å². The lowest BCUT2D eigenvalue weighted by Crippen LogP contribution is -2.24. The van der Waals surface area contributed by atoms with Gasteiger partial charge in [-0.1, -0.05) is 11.6 Å². The number of rotatable bonds is 6. The van der Waals surface area contributed by atoms with E-state index in [4.69, 9.17) is 21.4 Å². The first-order chi connectivity index (χ1) is 9.38. The molecule has 7 heteroatoms. The number of hydrogen-bond acceptors (Lipinski definition) is 3. The van der Waals surface area contributed by atoms with E-state index in [9.17, 15) is 14.0 Å². The standard InChI is InChI=1S/C13H15ClFNO4/c1-3-20-12-8(4-5-16-13(18)19)11(15)10(14)6-9(12)7(2)17/h6,16H,3-5H2,1-2H3,(H,18,19). The second-order valence-electron chi connectivity index (χ2n) is 4.00. The third-order valence-corrected chi connectivity index (χ3v) is 2.86. The molecule has 0 spiro atoms. The highest BCUT2D eigenvalue weighted by atomic mass is 35.5. The molecule has 20 heavy (non-hydrogen) atoms. The molecule has 0 aliphatic heterocycles. The Labute approximate surface area is 120 Å². The molecule has 0 saturated carbocycles. The molecule has 5 nitrogen and oxygen atoms in total. The molecule has 0 radical (unpaired) electrons. The number of carbonyl (C=O) groups excluding carboxylic acids is 1. The quantitative estimate of drug-likeness (QED) is 0.792. The van der Waals surface area contributed by atoms with Gasteiger partial charge in [0.15, 0.2) is 5.78 Å². The Morgan fingerprint density at radius 3 is 2.65 bits per heavy atom. The maximum Gasteiger partial charge on any atom is 0.404 e. The highest BCUT2D eigenvalue weighted by molar-refractivity contribution is 6.31. The first-order valence-electron chi connectivity index (χ1n) is 5.99. The highest BCUT2D eigenvalue weighted by Crippen LogP contribution is 2.32. The van der Waals surface area contributed by atoms with Crippen LogP contribution in [0.15, 0.2) is 6.07 Å². The third-order valence-electron chi connectivity index (χ3n) is 2.58. The van der Waals surface area contributed by atoms with Gasteiger partial charge in [-0.25, -0.2) is 9.18 Å². The molecule has 0 heterocycles. The first kappa shape index (κ1) is 16.2. The minimum Gasteiger partial charge on any atom is -0.493 e. The zero-order valence-electron chi connectivity index (χ0n) is 11.1.